The molecule has 364 valence electrons. The van der Waals surface area contributed by atoms with Crippen molar-refractivity contribution in [1.82, 2.24) is 25.1 Å². The number of amides is 2. The molecule has 4 heterocycles. The van der Waals surface area contributed by atoms with Crippen LogP contribution in [0, 0.1) is 23.2 Å². The van der Waals surface area contributed by atoms with Crippen LogP contribution < -0.4 is 15.5 Å². The van der Waals surface area contributed by atoms with E-state index < -0.39 is 19.2 Å². The van der Waals surface area contributed by atoms with Crippen molar-refractivity contribution in [2.24, 2.45) is 16.2 Å². The van der Waals surface area contributed by atoms with E-state index in [2.05, 4.69) is 47.1 Å². The molecule has 10 rings (SSSR count). The van der Waals surface area contributed by atoms with Gasteiger partial charge >= 0.3 is 19.6 Å². The summed E-state index contributed by atoms with van der Waals surface area (Å²) < 4.78 is 40.1. The van der Waals surface area contributed by atoms with Gasteiger partial charge in [-0.2, -0.15) is 5.10 Å². The molecule has 2 unspecified atom stereocenters. The topological polar surface area (TPSA) is 159 Å². The number of benzene rings is 2. The largest absolute Gasteiger partial charge is 0.455 e. The first-order chi connectivity index (χ1) is 32.3. The van der Waals surface area contributed by atoms with Crippen molar-refractivity contribution < 1.29 is 32.7 Å². The fraction of sp³-hybridized carbons (Fsp3) is 0.558. The highest BCUT2D eigenvalue weighted by Gasteiger charge is 2.66. The van der Waals surface area contributed by atoms with Crippen LogP contribution >= 0.6 is 18.9 Å². The predicted molar refractivity (Wildman–Crippen MR) is 269 cm³/mol. The summed E-state index contributed by atoms with van der Waals surface area (Å²) in [6.07, 6.45) is 10.3. The number of ether oxygens (including phenoxy) is 2. The van der Waals surface area contributed by atoms with Gasteiger partial charge in [0.15, 0.2) is 10.8 Å². The lowest BCUT2D eigenvalue weighted by Crippen LogP contribution is -2.64. The highest BCUT2D eigenvalue weighted by Crippen LogP contribution is 2.72. The zero-order valence-corrected chi connectivity index (χ0v) is 42.7. The lowest BCUT2D eigenvalue weighted by molar-refractivity contribution is -0.247. The molecule has 5 aliphatic rings. The van der Waals surface area contributed by atoms with Gasteiger partial charge in [-0.25, -0.2) is 19.6 Å². The molecule has 2 amide bonds. The Kier molecular flexibility index (Phi) is 13.3. The Bertz CT molecular complexity index is 2690. The number of para-hydroxylation sites is 1. The van der Waals surface area contributed by atoms with E-state index >= 15 is 0 Å². The Morgan fingerprint density at radius 1 is 0.897 bits per heavy atom. The maximum Gasteiger partial charge on any atom is 0.358 e. The van der Waals surface area contributed by atoms with E-state index in [1.807, 2.05) is 89.3 Å². The lowest BCUT2D eigenvalue weighted by atomic mass is 9.39. The first-order valence-electron chi connectivity index (χ1n) is 24.4. The van der Waals surface area contributed by atoms with Crippen LogP contribution in [0.2, 0.25) is 0 Å². The summed E-state index contributed by atoms with van der Waals surface area (Å²) in [5, 5.41) is 12.1. The van der Waals surface area contributed by atoms with Crippen molar-refractivity contribution in [3.63, 3.8) is 0 Å². The standard InChI is InChI=1S/C52H68N7O7PS/c1-9-64-67(62,65-10-2)25-22-53-21-24-63-52-31-49(7)28-50(8,32-52)30-51(29-49,33-52)34-59-35(3)39(27-54-59)38-19-20-40(55-44(38)45(60)66-48(4,5)6)37-18-17-36-14-13-23-58(42(36)26-37)47(61)57-46-56-41-15-11-12-16-43(41)68-46/h11-12,15-20,26-27,53H,9-10,13-14,21-25,28-34H2,1-8H3,(H,56,57,61). The van der Waals surface area contributed by atoms with Gasteiger partial charge in [0.1, 0.15) is 5.60 Å². The van der Waals surface area contributed by atoms with Crippen molar-refractivity contribution in [1.29, 1.82) is 0 Å². The zero-order chi connectivity index (χ0) is 48.1. The molecular weight excluding hydrogens is 898 g/mol. The first-order valence-corrected chi connectivity index (χ1v) is 26.9. The Balaban J connectivity index is 0.950. The van der Waals surface area contributed by atoms with Gasteiger partial charge in [-0.15, -0.1) is 0 Å². The summed E-state index contributed by atoms with van der Waals surface area (Å²) in [5.74, 6) is -0.510. The average molecular weight is 966 g/mol. The number of hydrogen-bond donors (Lipinski definition) is 2. The molecule has 0 spiro atoms. The van der Waals surface area contributed by atoms with E-state index in [1.165, 1.54) is 17.8 Å². The van der Waals surface area contributed by atoms with Crippen molar-refractivity contribution >= 4 is 52.0 Å². The highest BCUT2D eigenvalue weighted by atomic mass is 32.1. The molecule has 2 aromatic carbocycles. The molecule has 16 heteroatoms. The Labute approximate surface area is 404 Å². The van der Waals surface area contributed by atoms with Crippen LogP contribution in [0.1, 0.15) is 115 Å². The summed E-state index contributed by atoms with van der Waals surface area (Å²) in [4.78, 5) is 39.5. The number of esters is 1. The number of pyridine rings is 1. The normalized spacial score (nSPS) is 24.4. The van der Waals surface area contributed by atoms with Crippen molar-refractivity contribution in [3.8, 4) is 22.4 Å². The quantitative estimate of drug-likeness (QED) is 0.0519. The summed E-state index contributed by atoms with van der Waals surface area (Å²) >= 11 is 1.45. The van der Waals surface area contributed by atoms with Gasteiger partial charge in [0.05, 0.1) is 53.7 Å². The Morgan fingerprint density at radius 2 is 1.65 bits per heavy atom. The van der Waals surface area contributed by atoms with E-state index in [0.717, 1.165) is 89.8 Å². The third kappa shape index (κ3) is 10.2. The van der Waals surface area contributed by atoms with E-state index in [1.54, 1.807) is 4.90 Å². The monoisotopic (exact) mass is 965 g/mol. The van der Waals surface area contributed by atoms with Gasteiger partial charge in [-0.3, -0.25) is 19.5 Å². The molecule has 68 heavy (non-hydrogen) atoms. The average Bonchev–Trinajstić information content (AvgIpc) is 3.83. The molecule has 1 aliphatic heterocycles. The Hall–Kier alpha value is -4.50. The third-order valence-electron chi connectivity index (χ3n) is 14.2. The molecule has 0 saturated heterocycles. The number of nitrogens with one attached hydrogen (secondary N) is 2. The third-order valence-corrected chi connectivity index (χ3v) is 17.2. The molecule has 4 bridgehead atoms. The van der Waals surface area contributed by atoms with Crippen LogP contribution in [0.15, 0.2) is 60.8 Å². The van der Waals surface area contributed by atoms with E-state index in [4.69, 9.17) is 28.6 Å². The number of hydrogen-bond acceptors (Lipinski definition) is 12. The number of anilines is 2. The minimum atomic E-state index is -3.10. The second kappa shape index (κ2) is 18.7. The highest BCUT2D eigenvalue weighted by molar-refractivity contribution is 7.53. The lowest BCUT2D eigenvalue weighted by Gasteiger charge is -2.69. The van der Waals surface area contributed by atoms with Gasteiger partial charge in [0.25, 0.3) is 0 Å². The molecule has 14 nitrogen and oxygen atoms in total. The molecule has 2 N–H and O–H groups in total. The number of fused-ring (bicyclic) bond motifs is 2. The molecule has 4 fully saturated rings. The number of thiazole rings is 1. The molecule has 2 atom stereocenters. The van der Waals surface area contributed by atoms with E-state index in [0.29, 0.717) is 62.0 Å². The predicted octanol–water partition coefficient (Wildman–Crippen LogP) is 11.5. The second-order valence-corrected chi connectivity index (χ2v) is 24.8. The van der Waals surface area contributed by atoms with Gasteiger partial charge in [-0.05, 0) is 145 Å². The van der Waals surface area contributed by atoms with Crippen LogP contribution in [-0.2, 0) is 36.1 Å². The van der Waals surface area contributed by atoms with Crippen LogP contribution in [-0.4, -0.2) is 88.6 Å². The number of carbonyl (C=O) groups excluding carboxylic acids is 2. The fourth-order valence-electron chi connectivity index (χ4n) is 12.9. The van der Waals surface area contributed by atoms with Crippen molar-refractivity contribution in [2.75, 3.05) is 55.8 Å². The molecule has 4 saturated carbocycles. The molecule has 0 radical (unpaired) electrons. The van der Waals surface area contributed by atoms with Gasteiger partial charge in [0.2, 0.25) is 0 Å². The molecule has 4 aliphatic carbocycles. The minimum Gasteiger partial charge on any atom is -0.455 e. The van der Waals surface area contributed by atoms with Crippen molar-refractivity contribution in [2.45, 2.75) is 125 Å². The number of aromatic nitrogens is 4. The number of rotatable bonds is 17. The van der Waals surface area contributed by atoms with E-state index in [-0.39, 0.29) is 33.6 Å². The maximum atomic E-state index is 14.2. The van der Waals surface area contributed by atoms with Gasteiger partial charge in [0, 0.05) is 54.3 Å². The van der Waals surface area contributed by atoms with Crippen LogP contribution in [0.5, 0.6) is 0 Å². The van der Waals surface area contributed by atoms with Crippen LogP contribution in [0.25, 0.3) is 32.6 Å². The first kappa shape index (κ1) is 48.5. The number of aryl methyl sites for hydroxylation is 1. The molecule has 3 aromatic heterocycles. The van der Waals surface area contributed by atoms with E-state index in [9.17, 15) is 14.2 Å². The van der Waals surface area contributed by atoms with Crippen molar-refractivity contribution in [3.05, 3.63) is 77.7 Å². The van der Waals surface area contributed by atoms with Gasteiger partial charge in [-0.1, -0.05) is 49.4 Å². The van der Waals surface area contributed by atoms with Gasteiger partial charge < -0.3 is 23.8 Å². The minimum absolute atomic E-state index is 0.0108. The fourth-order valence-corrected chi connectivity index (χ4v) is 15.3. The number of carbonyl (C=O) groups is 2. The summed E-state index contributed by atoms with van der Waals surface area (Å²) in [7, 11) is -3.10. The maximum absolute atomic E-state index is 14.2. The molecular formula is C52H68N7O7PS. The second-order valence-electron chi connectivity index (χ2n) is 21.5. The number of urea groups is 1. The molecule has 5 aromatic rings. The summed E-state index contributed by atoms with van der Waals surface area (Å²) in [5.41, 5.74) is 6.14. The van der Waals surface area contributed by atoms with Crippen LogP contribution in [0.4, 0.5) is 15.6 Å². The SMILES string of the molecule is CCOP(=O)(CCNCCOC12CC3(C)CC(C)(CC(Cn4ncc(-c5ccc(-c6ccc7c(c6)N(C(=O)Nc6nc8ccccc8s6)CCC7)nc5C(=O)OC(C)(C)C)c4C)(C3)C1)C2)OCC. The zero-order valence-electron chi connectivity index (χ0n) is 41.0. The summed E-state index contributed by atoms with van der Waals surface area (Å²) in [6.45, 7) is 20.0. The Morgan fingerprint density at radius 3 is 2.37 bits per heavy atom. The number of nitrogens with zero attached hydrogens (tertiary/aromatic N) is 5. The van der Waals surface area contributed by atoms with Crippen LogP contribution in [0.3, 0.4) is 0 Å². The smallest absolute Gasteiger partial charge is 0.358 e. The summed E-state index contributed by atoms with van der Waals surface area (Å²) in [6, 6.07) is 17.6.